The maximum absolute atomic E-state index is 10.2. The van der Waals surface area contributed by atoms with Crippen molar-refractivity contribution in [2.45, 2.75) is 50.8 Å². The summed E-state index contributed by atoms with van der Waals surface area (Å²) in [5.74, 6) is 0. The SMILES string of the molecule is CC(C)N1CCC(NCC2(O)CCOC2)CC1. The Labute approximate surface area is 104 Å². The Morgan fingerprint density at radius 1 is 1.41 bits per heavy atom. The molecule has 2 aliphatic heterocycles. The molecule has 2 N–H and O–H groups in total. The van der Waals surface area contributed by atoms with E-state index in [0.717, 1.165) is 6.42 Å². The minimum atomic E-state index is -0.616. The van der Waals surface area contributed by atoms with Crippen molar-refractivity contribution in [1.29, 1.82) is 0 Å². The van der Waals surface area contributed by atoms with E-state index in [1.165, 1.54) is 25.9 Å². The second-order valence-corrected chi connectivity index (χ2v) is 5.81. The number of ether oxygens (including phenoxy) is 1. The summed E-state index contributed by atoms with van der Waals surface area (Å²) in [6.07, 6.45) is 3.15. The molecule has 17 heavy (non-hydrogen) atoms. The summed E-state index contributed by atoms with van der Waals surface area (Å²) < 4.78 is 5.25. The summed E-state index contributed by atoms with van der Waals surface area (Å²) in [5.41, 5.74) is -0.616. The van der Waals surface area contributed by atoms with Gasteiger partial charge in [0.1, 0.15) is 5.60 Å². The summed E-state index contributed by atoms with van der Waals surface area (Å²) in [5, 5.41) is 13.7. The van der Waals surface area contributed by atoms with Gasteiger partial charge in [0.05, 0.1) is 6.61 Å². The van der Waals surface area contributed by atoms with Gasteiger partial charge in [-0.05, 0) is 39.8 Å². The maximum Gasteiger partial charge on any atom is 0.102 e. The fourth-order valence-corrected chi connectivity index (χ4v) is 2.69. The van der Waals surface area contributed by atoms with Crippen LogP contribution in [0.3, 0.4) is 0 Å². The van der Waals surface area contributed by atoms with E-state index in [-0.39, 0.29) is 0 Å². The highest BCUT2D eigenvalue weighted by atomic mass is 16.5. The third-order valence-corrected chi connectivity index (χ3v) is 4.06. The quantitative estimate of drug-likeness (QED) is 0.758. The molecule has 0 spiro atoms. The van der Waals surface area contributed by atoms with Crippen molar-refractivity contribution in [3.63, 3.8) is 0 Å². The van der Waals surface area contributed by atoms with Gasteiger partial charge in [0, 0.05) is 31.7 Å². The second-order valence-electron chi connectivity index (χ2n) is 5.81. The molecule has 0 aromatic carbocycles. The van der Waals surface area contributed by atoms with Crippen LogP contribution in [0.15, 0.2) is 0 Å². The van der Waals surface area contributed by atoms with Crippen LogP contribution < -0.4 is 5.32 Å². The molecule has 1 unspecified atom stereocenters. The van der Waals surface area contributed by atoms with Crippen LogP contribution in [0.2, 0.25) is 0 Å². The largest absolute Gasteiger partial charge is 0.386 e. The van der Waals surface area contributed by atoms with Gasteiger partial charge < -0.3 is 20.1 Å². The molecule has 2 fully saturated rings. The third-order valence-electron chi connectivity index (χ3n) is 4.06. The van der Waals surface area contributed by atoms with Crippen molar-refractivity contribution in [2.24, 2.45) is 0 Å². The Morgan fingerprint density at radius 3 is 2.65 bits per heavy atom. The number of likely N-dealkylation sites (tertiary alicyclic amines) is 1. The lowest BCUT2D eigenvalue weighted by Gasteiger charge is -2.36. The average Bonchev–Trinajstić information content (AvgIpc) is 2.75. The fraction of sp³-hybridized carbons (Fsp3) is 1.00. The van der Waals surface area contributed by atoms with Crippen LogP contribution in [-0.2, 0) is 4.74 Å². The second kappa shape index (κ2) is 5.65. The summed E-state index contributed by atoms with van der Waals surface area (Å²) in [7, 11) is 0. The summed E-state index contributed by atoms with van der Waals surface area (Å²) in [6.45, 7) is 8.72. The molecular formula is C13H26N2O2. The van der Waals surface area contributed by atoms with Gasteiger partial charge in [-0.2, -0.15) is 0 Å². The topological polar surface area (TPSA) is 44.7 Å². The van der Waals surface area contributed by atoms with Gasteiger partial charge in [-0.15, -0.1) is 0 Å². The van der Waals surface area contributed by atoms with Gasteiger partial charge in [0.15, 0.2) is 0 Å². The molecule has 2 heterocycles. The lowest BCUT2D eigenvalue weighted by molar-refractivity contribution is 0.0221. The maximum atomic E-state index is 10.2. The zero-order valence-electron chi connectivity index (χ0n) is 11.1. The monoisotopic (exact) mass is 242 g/mol. The smallest absolute Gasteiger partial charge is 0.102 e. The highest BCUT2D eigenvalue weighted by molar-refractivity contribution is 4.88. The lowest BCUT2D eigenvalue weighted by atomic mass is 10.00. The molecule has 1 atom stereocenters. The molecule has 0 aliphatic carbocycles. The number of rotatable bonds is 4. The van der Waals surface area contributed by atoms with Crippen molar-refractivity contribution in [2.75, 3.05) is 32.8 Å². The predicted molar refractivity (Wildman–Crippen MR) is 68.1 cm³/mol. The molecule has 0 radical (unpaired) electrons. The van der Waals surface area contributed by atoms with Crippen LogP contribution in [0.4, 0.5) is 0 Å². The first-order valence-corrected chi connectivity index (χ1v) is 6.87. The number of hydrogen-bond donors (Lipinski definition) is 2. The van der Waals surface area contributed by atoms with E-state index in [9.17, 15) is 5.11 Å². The van der Waals surface area contributed by atoms with Crippen molar-refractivity contribution in [3.05, 3.63) is 0 Å². The van der Waals surface area contributed by atoms with Gasteiger partial charge in [-0.1, -0.05) is 0 Å². The molecule has 4 nitrogen and oxygen atoms in total. The van der Waals surface area contributed by atoms with E-state index in [1.54, 1.807) is 0 Å². The minimum Gasteiger partial charge on any atom is -0.386 e. The summed E-state index contributed by atoms with van der Waals surface area (Å²) in [4.78, 5) is 2.52. The average molecular weight is 242 g/mol. The highest BCUT2D eigenvalue weighted by Crippen LogP contribution is 2.19. The first-order chi connectivity index (χ1) is 8.09. The van der Waals surface area contributed by atoms with Crippen LogP contribution in [-0.4, -0.2) is 60.5 Å². The Bertz CT molecular complexity index is 232. The van der Waals surface area contributed by atoms with E-state index in [0.29, 0.717) is 31.8 Å². The van der Waals surface area contributed by atoms with Crippen LogP contribution in [0.1, 0.15) is 33.1 Å². The minimum absolute atomic E-state index is 0.491. The van der Waals surface area contributed by atoms with Crippen molar-refractivity contribution in [3.8, 4) is 0 Å². The van der Waals surface area contributed by atoms with E-state index in [2.05, 4.69) is 24.1 Å². The predicted octanol–water partition coefficient (Wildman–Crippen LogP) is 0.600. The molecule has 0 aromatic heterocycles. The van der Waals surface area contributed by atoms with Crippen LogP contribution in [0, 0.1) is 0 Å². The molecule has 2 rings (SSSR count). The van der Waals surface area contributed by atoms with E-state index in [1.807, 2.05) is 0 Å². The van der Waals surface area contributed by atoms with Gasteiger partial charge in [0.25, 0.3) is 0 Å². The molecule has 2 saturated heterocycles. The summed E-state index contributed by atoms with van der Waals surface area (Å²) in [6, 6.07) is 1.22. The molecule has 2 aliphatic rings. The lowest BCUT2D eigenvalue weighted by Crippen LogP contribution is -2.49. The molecule has 0 bridgehead atoms. The number of aliphatic hydroxyl groups is 1. The number of piperidine rings is 1. The fourth-order valence-electron chi connectivity index (χ4n) is 2.69. The Morgan fingerprint density at radius 2 is 2.12 bits per heavy atom. The molecule has 0 aromatic rings. The van der Waals surface area contributed by atoms with Crippen LogP contribution in [0.25, 0.3) is 0 Å². The number of nitrogens with one attached hydrogen (secondary N) is 1. The van der Waals surface area contributed by atoms with Crippen molar-refractivity contribution in [1.82, 2.24) is 10.2 Å². The molecule has 0 amide bonds. The van der Waals surface area contributed by atoms with Gasteiger partial charge in [-0.3, -0.25) is 0 Å². The van der Waals surface area contributed by atoms with E-state index < -0.39 is 5.60 Å². The van der Waals surface area contributed by atoms with Crippen LogP contribution >= 0.6 is 0 Å². The Hall–Kier alpha value is -0.160. The zero-order chi connectivity index (χ0) is 12.3. The number of hydrogen-bond acceptors (Lipinski definition) is 4. The first kappa shape index (κ1) is 13.3. The van der Waals surface area contributed by atoms with Gasteiger partial charge in [0.2, 0.25) is 0 Å². The normalized spacial score (nSPS) is 32.5. The zero-order valence-corrected chi connectivity index (χ0v) is 11.1. The molecular weight excluding hydrogens is 216 g/mol. The Balaban J connectivity index is 1.68. The van der Waals surface area contributed by atoms with Gasteiger partial charge in [-0.25, -0.2) is 0 Å². The van der Waals surface area contributed by atoms with Crippen LogP contribution in [0.5, 0.6) is 0 Å². The van der Waals surface area contributed by atoms with Crippen molar-refractivity contribution < 1.29 is 9.84 Å². The third kappa shape index (κ3) is 3.65. The van der Waals surface area contributed by atoms with Crippen molar-refractivity contribution >= 4 is 0 Å². The van der Waals surface area contributed by atoms with Gasteiger partial charge >= 0.3 is 0 Å². The highest BCUT2D eigenvalue weighted by Gasteiger charge is 2.33. The van der Waals surface area contributed by atoms with E-state index >= 15 is 0 Å². The van der Waals surface area contributed by atoms with E-state index in [4.69, 9.17) is 4.74 Å². The molecule has 4 heteroatoms. The standard InChI is InChI=1S/C13H26N2O2/c1-11(2)15-6-3-12(4-7-15)14-9-13(16)5-8-17-10-13/h11-12,14,16H,3-10H2,1-2H3. The first-order valence-electron chi connectivity index (χ1n) is 6.87. The number of nitrogens with zero attached hydrogens (tertiary/aromatic N) is 1. The summed E-state index contributed by atoms with van der Waals surface area (Å²) >= 11 is 0. The molecule has 100 valence electrons. The molecule has 0 saturated carbocycles. The Kier molecular flexibility index (Phi) is 4.42.